The first-order valence-corrected chi connectivity index (χ1v) is 4.65. The van der Waals surface area contributed by atoms with E-state index in [0.717, 1.165) is 12.8 Å². The molecule has 0 amide bonds. The highest BCUT2D eigenvalue weighted by Crippen LogP contribution is 2.43. The standard InChI is InChI=1S/C10H18O2/c1-7(9(11)12)8-4-5-10(2,3)6-8/h7-8H,4-6H2,1-3H3,(H,11,12). The summed E-state index contributed by atoms with van der Waals surface area (Å²) in [4.78, 5) is 10.7. The van der Waals surface area contributed by atoms with Crippen LogP contribution in [0.2, 0.25) is 0 Å². The second kappa shape index (κ2) is 3.08. The molecule has 1 aliphatic rings. The zero-order valence-corrected chi connectivity index (χ0v) is 8.13. The molecule has 70 valence electrons. The Morgan fingerprint density at radius 1 is 1.58 bits per heavy atom. The average Bonchev–Trinajstić information content (AvgIpc) is 2.28. The van der Waals surface area contributed by atoms with E-state index in [1.165, 1.54) is 6.42 Å². The first-order valence-electron chi connectivity index (χ1n) is 4.65. The number of carboxylic acids is 1. The maximum atomic E-state index is 10.7. The largest absolute Gasteiger partial charge is 0.481 e. The van der Waals surface area contributed by atoms with Crippen molar-refractivity contribution in [3.63, 3.8) is 0 Å². The molecule has 0 heterocycles. The molecular formula is C10H18O2. The molecule has 1 saturated carbocycles. The number of aliphatic carboxylic acids is 1. The summed E-state index contributed by atoms with van der Waals surface area (Å²) in [5.74, 6) is -0.401. The zero-order valence-electron chi connectivity index (χ0n) is 8.13. The predicted molar refractivity (Wildman–Crippen MR) is 47.9 cm³/mol. The molecule has 0 spiro atoms. The first kappa shape index (κ1) is 9.56. The van der Waals surface area contributed by atoms with E-state index in [1.807, 2.05) is 6.92 Å². The summed E-state index contributed by atoms with van der Waals surface area (Å²) >= 11 is 0. The fraction of sp³-hybridized carbons (Fsp3) is 0.900. The maximum Gasteiger partial charge on any atom is 0.306 e. The lowest BCUT2D eigenvalue weighted by molar-refractivity contribution is -0.142. The van der Waals surface area contributed by atoms with Crippen LogP contribution in [0.25, 0.3) is 0 Å². The van der Waals surface area contributed by atoms with Crippen molar-refractivity contribution in [1.29, 1.82) is 0 Å². The Balaban J connectivity index is 2.52. The summed E-state index contributed by atoms with van der Waals surface area (Å²) in [6.45, 7) is 6.28. The molecule has 2 heteroatoms. The van der Waals surface area contributed by atoms with Gasteiger partial charge in [0.2, 0.25) is 0 Å². The highest BCUT2D eigenvalue weighted by molar-refractivity contribution is 5.69. The second-order valence-corrected chi connectivity index (χ2v) is 4.79. The van der Waals surface area contributed by atoms with Crippen LogP contribution in [0.3, 0.4) is 0 Å². The summed E-state index contributed by atoms with van der Waals surface area (Å²) in [5, 5.41) is 8.81. The van der Waals surface area contributed by atoms with E-state index in [4.69, 9.17) is 5.11 Å². The summed E-state index contributed by atoms with van der Waals surface area (Å²) in [6.07, 6.45) is 3.33. The SMILES string of the molecule is CC(C(=O)O)C1CCC(C)(C)C1. The van der Waals surface area contributed by atoms with Crippen molar-refractivity contribution < 1.29 is 9.90 Å². The van der Waals surface area contributed by atoms with E-state index in [0.29, 0.717) is 11.3 Å². The maximum absolute atomic E-state index is 10.7. The van der Waals surface area contributed by atoms with Gasteiger partial charge in [0.1, 0.15) is 0 Å². The van der Waals surface area contributed by atoms with Crippen molar-refractivity contribution >= 4 is 5.97 Å². The lowest BCUT2D eigenvalue weighted by Crippen LogP contribution is -2.19. The second-order valence-electron chi connectivity index (χ2n) is 4.79. The van der Waals surface area contributed by atoms with Crippen molar-refractivity contribution in [3.05, 3.63) is 0 Å². The fourth-order valence-electron chi connectivity index (χ4n) is 2.12. The van der Waals surface area contributed by atoms with Crippen LogP contribution < -0.4 is 0 Å². The third kappa shape index (κ3) is 1.99. The Bertz CT molecular complexity index is 184. The molecule has 2 unspecified atom stereocenters. The number of carboxylic acid groups (broad SMARTS) is 1. The van der Waals surface area contributed by atoms with E-state index in [2.05, 4.69) is 13.8 Å². The minimum Gasteiger partial charge on any atom is -0.481 e. The predicted octanol–water partition coefficient (Wildman–Crippen LogP) is 2.53. The Morgan fingerprint density at radius 2 is 2.17 bits per heavy atom. The van der Waals surface area contributed by atoms with Crippen LogP contribution in [0.1, 0.15) is 40.0 Å². The van der Waals surface area contributed by atoms with Gasteiger partial charge in [-0.05, 0) is 30.6 Å². The third-order valence-electron chi connectivity index (χ3n) is 3.10. The molecule has 2 nitrogen and oxygen atoms in total. The summed E-state index contributed by atoms with van der Waals surface area (Å²) in [5.41, 5.74) is 0.369. The van der Waals surface area contributed by atoms with Gasteiger partial charge in [0, 0.05) is 0 Å². The van der Waals surface area contributed by atoms with Crippen molar-refractivity contribution in [3.8, 4) is 0 Å². The Hall–Kier alpha value is -0.530. The van der Waals surface area contributed by atoms with Gasteiger partial charge in [0.05, 0.1) is 5.92 Å². The van der Waals surface area contributed by atoms with Gasteiger partial charge in [-0.2, -0.15) is 0 Å². The molecule has 1 aliphatic carbocycles. The van der Waals surface area contributed by atoms with Gasteiger partial charge in [-0.15, -0.1) is 0 Å². The van der Waals surface area contributed by atoms with Crippen molar-refractivity contribution in [2.75, 3.05) is 0 Å². The van der Waals surface area contributed by atoms with E-state index >= 15 is 0 Å². The molecule has 0 aromatic heterocycles. The molecule has 1 rings (SSSR count). The lowest BCUT2D eigenvalue weighted by Gasteiger charge is -2.19. The molecule has 0 aliphatic heterocycles. The quantitative estimate of drug-likeness (QED) is 0.691. The van der Waals surface area contributed by atoms with Crippen molar-refractivity contribution in [2.24, 2.45) is 17.3 Å². The van der Waals surface area contributed by atoms with Crippen LogP contribution in [-0.2, 0) is 4.79 Å². The van der Waals surface area contributed by atoms with E-state index in [-0.39, 0.29) is 5.92 Å². The lowest BCUT2D eigenvalue weighted by atomic mass is 9.86. The molecule has 0 saturated heterocycles. The minimum absolute atomic E-state index is 0.160. The topological polar surface area (TPSA) is 37.3 Å². The molecule has 2 atom stereocenters. The molecular weight excluding hydrogens is 152 g/mol. The third-order valence-corrected chi connectivity index (χ3v) is 3.10. The summed E-state index contributed by atoms with van der Waals surface area (Å²) in [6, 6.07) is 0. The van der Waals surface area contributed by atoms with Gasteiger partial charge in [-0.3, -0.25) is 4.79 Å². The number of hydrogen-bond acceptors (Lipinski definition) is 1. The highest BCUT2D eigenvalue weighted by atomic mass is 16.4. The number of rotatable bonds is 2. The van der Waals surface area contributed by atoms with Gasteiger partial charge >= 0.3 is 5.97 Å². The fourth-order valence-corrected chi connectivity index (χ4v) is 2.12. The molecule has 12 heavy (non-hydrogen) atoms. The molecule has 1 N–H and O–H groups in total. The zero-order chi connectivity index (χ0) is 9.35. The minimum atomic E-state index is -0.641. The van der Waals surface area contributed by atoms with Crippen LogP contribution in [0, 0.1) is 17.3 Å². The Labute approximate surface area is 74.0 Å². The number of carbonyl (C=O) groups is 1. The van der Waals surface area contributed by atoms with Gasteiger partial charge in [0.15, 0.2) is 0 Å². The van der Waals surface area contributed by atoms with Crippen LogP contribution in [0.4, 0.5) is 0 Å². The van der Waals surface area contributed by atoms with E-state index in [9.17, 15) is 4.79 Å². The van der Waals surface area contributed by atoms with Gasteiger partial charge in [0.25, 0.3) is 0 Å². The van der Waals surface area contributed by atoms with Crippen LogP contribution in [-0.4, -0.2) is 11.1 Å². The van der Waals surface area contributed by atoms with E-state index < -0.39 is 5.97 Å². The van der Waals surface area contributed by atoms with Gasteiger partial charge in [-0.25, -0.2) is 0 Å². The molecule has 0 aromatic rings. The van der Waals surface area contributed by atoms with E-state index in [1.54, 1.807) is 0 Å². The monoisotopic (exact) mass is 170 g/mol. The number of hydrogen-bond donors (Lipinski definition) is 1. The van der Waals surface area contributed by atoms with Gasteiger partial charge < -0.3 is 5.11 Å². The molecule has 0 aromatic carbocycles. The van der Waals surface area contributed by atoms with Crippen molar-refractivity contribution in [2.45, 2.75) is 40.0 Å². The smallest absolute Gasteiger partial charge is 0.306 e. The average molecular weight is 170 g/mol. The highest BCUT2D eigenvalue weighted by Gasteiger charge is 2.36. The summed E-state index contributed by atoms with van der Waals surface area (Å²) in [7, 11) is 0. The van der Waals surface area contributed by atoms with Crippen LogP contribution in [0.5, 0.6) is 0 Å². The Morgan fingerprint density at radius 3 is 2.50 bits per heavy atom. The normalized spacial score (nSPS) is 30.1. The van der Waals surface area contributed by atoms with Crippen molar-refractivity contribution in [1.82, 2.24) is 0 Å². The molecule has 0 radical (unpaired) electrons. The molecule has 1 fully saturated rings. The Kier molecular flexibility index (Phi) is 2.45. The van der Waals surface area contributed by atoms with Crippen LogP contribution in [0.15, 0.2) is 0 Å². The van der Waals surface area contributed by atoms with Gasteiger partial charge in [-0.1, -0.05) is 20.8 Å². The first-order chi connectivity index (χ1) is 5.42. The van der Waals surface area contributed by atoms with Crippen LogP contribution >= 0.6 is 0 Å². The summed E-state index contributed by atoms with van der Waals surface area (Å²) < 4.78 is 0. The molecule has 0 bridgehead atoms.